The Labute approximate surface area is 155 Å². The van der Waals surface area contributed by atoms with Crippen LogP contribution in [-0.2, 0) is 16.1 Å². The Balaban J connectivity index is 1.98. The van der Waals surface area contributed by atoms with Crippen molar-refractivity contribution in [1.82, 2.24) is 9.55 Å². The first kappa shape index (κ1) is 19.1. The first-order valence-electron chi connectivity index (χ1n) is 7.32. The predicted octanol–water partition coefficient (Wildman–Crippen LogP) is 4.18. The minimum Gasteiger partial charge on any atom is -0.383 e. The highest BCUT2D eigenvalue weighted by Crippen LogP contribution is 2.26. The summed E-state index contributed by atoms with van der Waals surface area (Å²) in [6, 6.07) is 4.99. The molecule has 0 saturated carbocycles. The zero-order valence-electron chi connectivity index (χ0n) is 13.7. The van der Waals surface area contributed by atoms with E-state index in [1.165, 1.54) is 11.8 Å². The summed E-state index contributed by atoms with van der Waals surface area (Å²) in [6.45, 7) is 5.27. The molecular weight excluding hydrogens is 369 g/mol. The summed E-state index contributed by atoms with van der Waals surface area (Å²) in [5.41, 5.74) is 2.66. The number of hydrogen-bond acceptors (Lipinski definition) is 4. The van der Waals surface area contributed by atoms with Crippen molar-refractivity contribution in [2.45, 2.75) is 25.5 Å². The number of imidazole rings is 1. The Bertz CT molecular complexity index is 734. The number of carbonyl (C=O) groups excluding carboxylic acids is 1. The molecule has 1 heterocycles. The van der Waals surface area contributed by atoms with Gasteiger partial charge in [0.2, 0.25) is 5.91 Å². The van der Waals surface area contributed by atoms with E-state index in [4.69, 9.17) is 27.9 Å². The lowest BCUT2D eigenvalue weighted by atomic mass is 10.3. The Morgan fingerprint density at radius 3 is 2.75 bits per heavy atom. The number of aromatic nitrogens is 2. The minimum absolute atomic E-state index is 0.130. The van der Waals surface area contributed by atoms with Gasteiger partial charge in [0.15, 0.2) is 5.16 Å². The van der Waals surface area contributed by atoms with Gasteiger partial charge in [-0.25, -0.2) is 4.98 Å². The van der Waals surface area contributed by atoms with Crippen molar-refractivity contribution >= 4 is 46.6 Å². The summed E-state index contributed by atoms with van der Waals surface area (Å²) in [5, 5.41) is 4.47. The molecule has 2 rings (SSSR count). The lowest BCUT2D eigenvalue weighted by Gasteiger charge is -2.09. The summed E-state index contributed by atoms with van der Waals surface area (Å²) in [4.78, 5) is 16.6. The SMILES string of the molecule is COCCn1c(SCC(=O)Nc2ccc(Cl)c(Cl)c2)nc(C)c1C. The highest BCUT2D eigenvalue weighted by molar-refractivity contribution is 7.99. The Morgan fingerprint density at radius 1 is 1.33 bits per heavy atom. The van der Waals surface area contributed by atoms with Gasteiger partial charge in [-0.1, -0.05) is 35.0 Å². The third-order valence-corrected chi connectivity index (χ3v) is 5.19. The van der Waals surface area contributed by atoms with Gasteiger partial charge < -0.3 is 14.6 Å². The fraction of sp³-hybridized carbons (Fsp3) is 0.375. The third kappa shape index (κ3) is 4.89. The lowest BCUT2D eigenvalue weighted by molar-refractivity contribution is -0.113. The first-order chi connectivity index (χ1) is 11.4. The van der Waals surface area contributed by atoms with Gasteiger partial charge in [0.05, 0.1) is 28.1 Å². The fourth-order valence-electron chi connectivity index (χ4n) is 2.08. The van der Waals surface area contributed by atoms with E-state index >= 15 is 0 Å². The normalized spacial score (nSPS) is 10.9. The smallest absolute Gasteiger partial charge is 0.234 e. The van der Waals surface area contributed by atoms with Gasteiger partial charge in [-0.3, -0.25) is 4.79 Å². The molecule has 0 unspecified atom stereocenters. The number of hydrogen-bond donors (Lipinski definition) is 1. The van der Waals surface area contributed by atoms with Gasteiger partial charge in [0, 0.05) is 25.0 Å². The van der Waals surface area contributed by atoms with E-state index in [1.807, 2.05) is 13.8 Å². The zero-order valence-corrected chi connectivity index (χ0v) is 16.1. The molecule has 0 fully saturated rings. The van der Waals surface area contributed by atoms with Crippen LogP contribution in [0, 0.1) is 13.8 Å². The number of aryl methyl sites for hydroxylation is 1. The molecule has 0 radical (unpaired) electrons. The highest BCUT2D eigenvalue weighted by Gasteiger charge is 2.13. The van der Waals surface area contributed by atoms with Crippen molar-refractivity contribution in [2.24, 2.45) is 0 Å². The van der Waals surface area contributed by atoms with Crippen LogP contribution in [-0.4, -0.2) is 34.9 Å². The Morgan fingerprint density at radius 2 is 2.08 bits per heavy atom. The second kappa shape index (κ2) is 8.76. The summed E-state index contributed by atoms with van der Waals surface area (Å²) in [5.74, 6) is 0.123. The van der Waals surface area contributed by atoms with E-state index in [0.717, 1.165) is 16.5 Å². The van der Waals surface area contributed by atoms with Crippen molar-refractivity contribution in [1.29, 1.82) is 0 Å². The molecule has 0 aliphatic rings. The van der Waals surface area contributed by atoms with E-state index in [0.29, 0.717) is 28.9 Å². The van der Waals surface area contributed by atoms with Gasteiger partial charge in [0.1, 0.15) is 0 Å². The second-order valence-electron chi connectivity index (χ2n) is 5.18. The van der Waals surface area contributed by atoms with E-state index in [9.17, 15) is 4.79 Å². The lowest BCUT2D eigenvalue weighted by Crippen LogP contribution is -2.15. The molecule has 8 heteroatoms. The van der Waals surface area contributed by atoms with Crippen LogP contribution in [0.3, 0.4) is 0 Å². The van der Waals surface area contributed by atoms with Crippen molar-refractivity contribution in [2.75, 3.05) is 24.8 Å². The number of ether oxygens (including phenoxy) is 1. The van der Waals surface area contributed by atoms with Crippen LogP contribution >= 0.6 is 35.0 Å². The predicted molar refractivity (Wildman–Crippen MR) is 99.4 cm³/mol. The van der Waals surface area contributed by atoms with Crippen molar-refractivity contribution < 1.29 is 9.53 Å². The van der Waals surface area contributed by atoms with E-state index in [2.05, 4.69) is 14.9 Å². The molecule has 0 saturated heterocycles. The number of carbonyl (C=O) groups is 1. The average molecular weight is 388 g/mol. The third-order valence-electron chi connectivity index (χ3n) is 3.48. The van der Waals surface area contributed by atoms with Gasteiger partial charge in [-0.05, 0) is 32.0 Å². The van der Waals surface area contributed by atoms with E-state index in [1.54, 1.807) is 25.3 Å². The standard InChI is InChI=1S/C16H19Cl2N3O2S/c1-10-11(2)21(6-7-23-3)16(19-10)24-9-15(22)20-12-4-5-13(17)14(18)8-12/h4-5,8H,6-7,9H2,1-3H3,(H,20,22). The fourth-order valence-corrected chi connectivity index (χ4v) is 3.30. The van der Waals surface area contributed by atoms with Crippen molar-refractivity contribution in [3.05, 3.63) is 39.6 Å². The summed E-state index contributed by atoms with van der Waals surface area (Å²) < 4.78 is 7.20. The molecule has 1 N–H and O–H groups in total. The first-order valence-corrected chi connectivity index (χ1v) is 9.07. The summed E-state index contributed by atoms with van der Waals surface area (Å²) in [6.07, 6.45) is 0. The monoisotopic (exact) mass is 387 g/mol. The van der Waals surface area contributed by atoms with Crippen LogP contribution in [0.4, 0.5) is 5.69 Å². The van der Waals surface area contributed by atoms with Crippen molar-refractivity contribution in [3.8, 4) is 0 Å². The van der Waals surface area contributed by atoms with Crippen molar-refractivity contribution in [3.63, 3.8) is 0 Å². The molecule has 24 heavy (non-hydrogen) atoms. The molecule has 5 nitrogen and oxygen atoms in total. The van der Waals surface area contributed by atoms with E-state index < -0.39 is 0 Å². The number of benzene rings is 1. The van der Waals surface area contributed by atoms with Gasteiger partial charge in [-0.2, -0.15) is 0 Å². The summed E-state index contributed by atoms with van der Waals surface area (Å²) >= 11 is 13.2. The number of rotatable bonds is 7. The molecule has 0 bridgehead atoms. The number of nitrogens with one attached hydrogen (secondary N) is 1. The van der Waals surface area contributed by atoms with Crippen LogP contribution in [0.15, 0.2) is 23.4 Å². The molecule has 1 aromatic carbocycles. The number of halogens is 2. The molecule has 0 spiro atoms. The summed E-state index contributed by atoms with van der Waals surface area (Å²) in [7, 11) is 1.66. The topological polar surface area (TPSA) is 56.1 Å². The maximum Gasteiger partial charge on any atom is 0.234 e. The number of methoxy groups -OCH3 is 1. The average Bonchev–Trinajstić information content (AvgIpc) is 2.81. The van der Waals surface area contributed by atoms with Gasteiger partial charge >= 0.3 is 0 Å². The minimum atomic E-state index is -0.130. The van der Waals surface area contributed by atoms with Crippen LogP contribution < -0.4 is 5.32 Å². The molecule has 130 valence electrons. The van der Waals surface area contributed by atoms with E-state index in [-0.39, 0.29) is 11.7 Å². The van der Waals surface area contributed by atoms with Crippen LogP contribution in [0.5, 0.6) is 0 Å². The Kier molecular flexibility index (Phi) is 6.98. The molecule has 1 amide bonds. The number of anilines is 1. The molecule has 1 aromatic heterocycles. The molecule has 0 aliphatic heterocycles. The molecule has 2 aromatic rings. The maximum absolute atomic E-state index is 12.1. The quantitative estimate of drug-likeness (QED) is 0.723. The van der Waals surface area contributed by atoms with Crippen LogP contribution in [0.25, 0.3) is 0 Å². The largest absolute Gasteiger partial charge is 0.383 e. The second-order valence-corrected chi connectivity index (χ2v) is 6.93. The number of nitrogens with zero attached hydrogens (tertiary/aromatic N) is 2. The molecule has 0 aliphatic carbocycles. The Hall–Kier alpha value is -1.21. The molecule has 0 atom stereocenters. The van der Waals surface area contributed by atoms with Gasteiger partial charge in [0.25, 0.3) is 0 Å². The maximum atomic E-state index is 12.1. The highest BCUT2D eigenvalue weighted by atomic mass is 35.5. The van der Waals surface area contributed by atoms with Crippen LogP contribution in [0.1, 0.15) is 11.4 Å². The molecular formula is C16H19Cl2N3O2S. The van der Waals surface area contributed by atoms with Gasteiger partial charge in [-0.15, -0.1) is 0 Å². The van der Waals surface area contributed by atoms with Crippen LogP contribution in [0.2, 0.25) is 10.0 Å². The number of thioether (sulfide) groups is 1. The zero-order chi connectivity index (χ0) is 17.7. The number of amides is 1.